The molecule has 0 bridgehead atoms. The smallest absolute Gasteiger partial charge is 1.00 e. The van der Waals surface area contributed by atoms with E-state index in [-0.39, 0.29) is 24.8 Å². The molecule has 0 aromatic carbocycles. The van der Waals surface area contributed by atoms with Gasteiger partial charge in [0.15, 0.2) is 0 Å². The van der Waals surface area contributed by atoms with E-state index in [0.717, 1.165) is 0 Å². The topological polar surface area (TPSA) is 0 Å². The fraction of sp³-hybridized carbons (Fsp3) is 0.400. The van der Waals surface area contributed by atoms with Gasteiger partial charge in [-0.1, -0.05) is 0 Å². The van der Waals surface area contributed by atoms with Gasteiger partial charge in [0.2, 0.25) is 0 Å². The maximum Gasteiger partial charge on any atom is -1.00 e. The molecule has 0 saturated carbocycles. The molecule has 0 aliphatic heterocycles. The van der Waals surface area contributed by atoms with Crippen molar-refractivity contribution < 1.29 is 46.1 Å². The van der Waals surface area contributed by atoms with E-state index < -0.39 is 21.3 Å². The van der Waals surface area contributed by atoms with Gasteiger partial charge in [0.1, 0.15) is 0 Å². The van der Waals surface area contributed by atoms with Gasteiger partial charge in [0, 0.05) is 0 Å². The van der Waals surface area contributed by atoms with Crippen molar-refractivity contribution in [2.75, 3.05) is 0 Å². The van der Waals surface area contributed by atoms with Crippen LogP contribution in [0.5, 0.6) is 0 Å². The summed E-state index contributed by atoms with van der Waals surface area (Å²) >= 11 is -1.73. The Balaban J connectivity index is 0.00000144. The van der Waals surface area contributed by atoms with E-state index in [0.29, 0.717) is 5.92 Å². The van der Waals surface area contributed by atoms with Crippen molar-refractivity contribution in [3.8, 4) is 0 Å². The second-order valence-electron chi connectivity index (χ2n) is 5.11. The normalized spacial score (nSPS) is 21.3. The predicted octanol–water partition coefficient (Wildman–Crippen LogP) is -1.85. The number of rotatable bonds is 2. The molecule has 0 radical (unpaired) electrons. The second-order valence-corrected chi connectivity index (χ2v) is 10.4. The van der Waals surface area contributed by atoms with Crippen LogP contribution in [-0.2, 0) is 21.3 Å². The van der Waals surface area contributed by atoms with Crippen molar-refractivity contribution in [3.05, 3.63) is 41.5 Å². The van der Waals surface area contributed by atoms with Crippen LogP contribution in [0.1, 0.15) is 34.1 Å². The first-order chi connectivity index (χ1) is 7.49. The van der Waals surface area contributed by atoms with E-state index in [9.17, 15) is 0 Å². The molecular formula is C15H20Cl2Zr. The van der Waals surface area contributed by atoms with Gasteiger partial charge in [-0.2, -0.15) is 0 Å². The molecule has 1 unspecified atom stereocenters. The molecule has 0 aromatic heterocycles. The fourth-order valence-corrected chi connectivity index (χ4v) is 8.67. The minimum absolute atomic E-state index is 0. The van der Waals surface area contributed by atoms with Crippen LogP contribution in [0.4, 0.5) is 0 Å². The van der Waals surface area contributed by atoms with E-state index in [2.05, 4.69) is 50.1 Å². The van der Waals surface area contributed by atoms with Crippen LogP contribution in [0.2, 0.25) is 0 Å². The Morgan fingerprint density at radius 1 is 1.17 bits per heavy atom. The quantitative estimate of drug-likeness (QED) is 0.541. The Kier molecular flexibility index (Phi) is 7.29. The SMILES string of the molecule is [CH2]=[Zr+2]([C]1=CC(C)=CC1C)[C]1=C(C)C=C(C)C1.[Cl-].[Cl-]. The molecule has 0 spiro atoms. The molecule has 0 fully saturated rings. The van der Waals surface area contributed by atoms with Crippen LogP contribution >= 0.6 is 0 Å². The third-order valence-corrected chi connectivity index (χ3v) is 9.88. The van der Waals surface area contributed by atoms with Gasteiger partial charge >= 0.3 is 107 Å². The van der Waals surface area contributed by atoms with E-state index in [4.69, 9.17) is 0 Å². The van der Waals surface area contributed by atoms with E-state index >= 15 is 0 Å². The molecule has 0 aromatic rings. The molecule has 18 heavy (non-hydrogen) atoms. The van der Waals surface area contributed by atoms with E-state index in [1.165, 1.54) is 23.1 Å². The number of hydrogen-bond acceptors (Lipinski definition) is 0. The summed E-state index contributed by atoms with van der Waals surface area (Å²) in [5.41, 5.74) is 4.47. The maximum absolute atomic E-state index is 4.58. The van der Waals surface area contributed by atoms with Gasteiger partial charge in [-0.25, -0.2) is 0 Å². The van der Waals surface area contributed by atoms with Crippen LogP contribution in [0.3, 0.4) is 0 Å². The van der Waals surface area contributed by atoms with E-state index in [1.54, 1.807) is 6.56 Å². The molecule has 0 N–H and O–H groups in total. The van der Waals surface area contributed by atoms with Gasteiger partial charge in [-0.05, 0) is 0 Å². The minimum Gasteiger partial charge on any atom is -1.00 e. The molecule has 0 amide bonds. The Morgan fingerprint density at radius 2 is 1.78 bits per heavy atom. The second kappa shape index (κ2) is 7.18. The maximum atomic E-state index is 4.58. The van der Waals surface area contributed by atoms with Crippen molar-refractivity contribution in [2.24, 2.45) is 5.92 Å². The Labute approximate surface area is 131 Å². The average Bonchev–Trinajstić information content (AvgIpc) is 2.68. The van der Waals surface area contributed by atoms with Gasteiger partial charge in [0.05, 0.1) is 0 Å². The summed E-state index contributed by atoms with van der Waals surface area (Å²) in [6.45, 7) is 9.03. The van der Waals surface area contributed by atoms with Gasteiger partial charge < -0.3 is 24.8 Å². The van der Waals surface area contributed by atoms with Crippen molar-refractivity contribution in [1.82, 2.24) is 0 Å². The van der Waals surface area contributed by atoms with Crippen LogP contribution in [0.25, 0.3) is 0 Å². The number of allylic oxidation sites excluding steroid dienone is 8. The van der Waals surface area contributed by atoms with Gasteiger partial charge in [-0.3, -0.25) is 0 Å². The molecule has 2 aliphatic rings. The summed E-state index contributed by atoms with van der Waals surface area (Å²) in [4.78, 5) is 0. The minimum atomic E-state index is -1.73. The summed E-state index contributed by atoms with van der Waals surface area (Å²) in [5.74, 6) is 0.646. The predicted molar refractivity (Wildman–Crippen MR) is 69.2 cm³/mol. The standard InChI is InChI=1S/2C7H9.CH2.2ClH.Zr/c2*1-6-3-4-7(2)5-6;;;;/h5H,3H2,1-2H3;3,5,7H,1-2H3;1H2;2*1H;/q;;;;;+2/p-2. The first-order valence-corrected chi connectivity index (χ1v) is 10.1. The zero-order chi connectivity index (χ0) is 11.9. The molecule has 0 heterocycles. The third-order valence-electron chi connectivity index (χ3n) is 3.49. The average molecular weight is 362 g/mol. The molecule has 0 nitrogen and oxygen atoms in total. The molecule has 98 valence electrons. The van der Waals surface area contributed by atoms with Crippen molar-refractivity contribution in [1.29, 1.82) is 0 Å². The molecule has 2 rings (SSSR count). The van der Waals surface area contributed by atoms with Crippen LogP contribution in [0, 0.1) is 5.92 Å². The van der Waals surface area contributed by atoms with Gasteiger partial charge in [0.25, 0.3) is 0 Å². The van der Waals surface area contributed by atoms with Crippen molar-refractivity contribution in [3.63, 3.8) is 0 Å². The van der Waals surface area contributed by atoms with Crippen LogP contribution < -0.4 is 24.8 Å². The number of halogens is 2. The molecule has 1 atom stereocenters. The Hall–Kier alpha value is 0.293. The van der Waals surface area contributed by atoms with E-state index in [1.807, 2.05) is 0 Å². The van der Waals surface area contributed by atoms with Crippen LogP contribution in [-0.4, -0.2) is 4.21 Å². The summed E-state index contributed by atoms with van der Waals surface area (Å²) < 4.78 is 7.96. The van der Waals surface area contributed by atoms with Crippen LogP contribution in [0.15, 0.2) is 41.5 Å². The summed E-state index contributed by atoms with van der Waals surface area (Å²) in [6, 6.07) is 0. The summed E-state index contributed by atoms with van der Waals surface area (Å²) in [6.07, 6.45) is 8.33. The third kappa shape index (κ3) is 3.65. The Morgan fingerprint density at radius 3 is 2.17 bits per heavy atom. The first-order valence-electron chi connectivity index (χ1n) is 5.95. The Bertz CT molecular complexity index is 479. The zero-order valence-electron chi connectivity index (χ0n) is 11.5. The molecule has 3 heteroatoms. The fourth-order valence-electron chi connectivity index (χ4n) is 2.72. The molecule has 0 saturated heterocycles. The molecular weight excluding hydrogens is 342 g/mol. The largest absolute Gasteiger partial charge is 1.00 e. The zero-order valence-corrected chi connectivity index (χ0v) is 15.4. The van der Waals surface area contributed by atoms with Crippen molar-refractivity contribution in [2.45, 2.75) is 34.1 Å². The molecule has 2 aliphatic carbocycles. The number of hydrogen-bond donors (Lipinski definition) is 0. The summed E-state index contributed by atoms with van der Waals surface area (Å²) in [7, 11) is 0. The van der Waals surface area contributed by atoms with Gasteiger partial charge in [-0.15, -0.1) is 0 Å². The monoisotopic (exact) mass is 360 g/mol. The van der Waals surface area contributed by atoms with Crippen molar-refractivity contribution >= 4 is 4.21 Å². The summed E-state index contributed by atoms with van der Waals surface area (Å²) in [5, 5.41) is 0. The first kappa shape index (κ1) is 18.3.